The average molecular weight is 284 g/mol. The van der Waals surface area contributed by atoms with Crippen LogP contribution in [0.2, 0.25) is 0 Å². The molecule has 0 saturated carbocycles. The number of aromatic carboxylic acids is 1. The Balaban J connectivity index is 1.93. The summed E-state index contributed by atoms with van der Waals surface area (Å²) in [4.78, 5) is 15.1. The average Bonchev–Trinajstić information content (AvgIpc) is 2.37. The maximum atomic E-state index is 10.9. The second-order valence-electron chi connectivity index (χ2n) is 4.08. The summed E-state index contributed by atoms with van der Waals surface area (Å²) < 4.78 is 0. The molecule has 18 heavy (non-hydrogen) atoms. The van der Waals surface area contributed by atoms with Crippen molar-refractivity contribution >= 4 is 35.3 Å². The molecule has 1 fully saturated rings. The predicted molar refractivity (Wildman–Crippen MR) is 78.0 cm³/mol. The van der Waals surface area contributed by atoms with Crippen LogP contribution in [-0.2, 0) is 0 Å². The van der Waals surface area contributed by atoms with Gasteiger partial charge in [-0.15, -0.1) is 0 Å². The van der Waals surface area contributed by atoms with Gasteiger partial charge in [-0.25, -0.2) is 9.78 Å². The first-order valence-corrected chi connectivity index (χ1v) is 8.01. The molecule has 1 aromatic heterocycles. The van der Waals surface area contributed by atoms with Gasteiger partial charge < -0.3 is 10.4 Å². The predicted octanol–water partition coefficient (Wildman–Crippen LogP) is 2.35. The number of aromatic nitrogens is 1. The van der Waals surface area contributed by atoms with E-state index in [-0.39, 0.29) is 5.56 Å². The first kappa shape index (κ1) is 13.5. The van der Waals surface area contributed by atoms with E-state index in [0.717, 1.165) is 12.4 Å². The topological polar surface area (TPSA) is 62.2 Å². The lowest BCUT2D eigenvalue weighted by molar-refractivity contribution is 0.0695. The summed E-state index contributed by atoms with van der Waals surface area (Å²) in [5, 5.41) is 12.8. The zero-order valence-corrected chi connectivity index (χ0v) is 11.8. The first-order chi connectivity index (χ1) is 8.66. The van der Waals surface area contributed by atoms with Gasteiger partial charge >= 0.3 is 5.97 Å². The molecule has 0 amide bonds. The van der Waals surface area contributed by atoms with Crippen LogP contribution >= 0.6 is 23.5 Å². The monoisotopic (exact) mass is 284 g/mol. The van der Waals surface area contributed by atoms with Crippen molar-refractivity contribution in [1.82, 2.24) is 4.98 Å². The SMILES string of the molecule is Cc1nc(NCC2CSCCS2)ccc1C(=O)O. The van der Waals surface area contributed by atoms with Gasteiger partial charge in [0.05, 0.1) is 11.3 Å². The van der Waals surface area contributed by atoms with Crippen LogP contribution in [0.5, 0.6) is 0 Å². The Morgan fingerprint density at radius 3 is 3.00 bits per heavy atom. The van der Waals surface area contributed by atoms with Crippen molar-refractivity contribution in [2.45, 2.75) is 12.2 Å². The van der Waals surface area contributed by atoms with Gasteiger partial charge in [-0.1, -0.05) is 0 Å². The molecule has 0 aromatic carbocycles. The summed E-state index contributed by atoms with van der Waals surface area (Å²) in [6.45, 7) is 2.61. The molecular weight excluding hydrogens is 268 g/mol. The van der Waals surface area contributed by atoms with Gasteiger partial charge in [0, 0.05) is 29.1 Å². The fourth-order valence-corrected chi connectivity index (χ4v) is 4.37. The highest BCUT2D eigenvalue weighted by atomic mass is 32.2. The van der Waals surface area contributed by atoms with Gasteiger partial charge in [0.2, 0.25) is 0 Å². The van der Waals surface area contributed by atoms with Crippen LogP contribution in [0.4, 0.5) is 5.82 Å². The van der Waals surface area contributed by atoms with E-state index in [1.807, 2.05) is 23.5 Å². The summed E-state index contributed by atoms with van der Waals surface area (Å²) in [5.74, 6) is 3.45. The Bertz CT molecular complexity index is 434. The lowest BCUT2D eigenvalue weighted by Crippen LogP contribution is -2.23. The third-order valence-corrected chi connectivity index (χ3v) is 5.56. The summed E-state index contributed by atoms with van der Waals surface area (Å²) in [6, 6.07) is 3.34. The molecule has 0 bridgehead atoms. The summed E-state index contributed by atoms with van der Waals surface area (Å²) >= 11 is 3.98. The van der Waals surface area contributed by atoms with E-state index in [4.69, 9.17) is 5.11 Å². The number of hydrogen-bond donors (Lipinski definition) is 2. The number of aryl methyl sites for hydroxylation is 1. The number of rotatable bonds is 4. The molecular formula is C12H16N2O2S2. The Morgan fingerprint density at radius 2 is 2.39 bits per heavy atom. The van der Waals surface area contributed by atoms with Gasteiger partial charge in [0.25, 0.3) is 0 Å². The standard InChI is InChI=1S/C12H16N2O2S2/c1-8-10(12(15)16)2-3-11(14-8)13-6-9-7-17-4-5-18-9/h2-3,9H,4-7H2,1H3,(H,13,14)(H,15,16). The van der Waals surface area contributed by atoms with E-state index in [2.05, 4.69) is 10.3 Å². The third-order valence-electron chi connectivity index (χ3n) is 2.71. The van der Waals surface area contributed by atoms with E-state index in [1.54, 1.807) is 19.1 Å². The minimum Gasteiger partial charge on any atom is -0.478 e. The maximum absolute atomic E-state index is 10.9. The number of hydrogen-bond acceptors (Lipinski definition) is 5. The van der Waals surface area contributed by atoms with Gasteiger partial charge in [0.1, 0.15) is 5.82 Å². The Hall–Kier alpha value is -0.880. The Kier molecular flexibility index (Phi) is 4.77. The molecule has 0 radical (unpaired) electrons. The van der Waals surface area contributed by atoms with Crippen LogP contribution in [0.15, 0.2) is 12.1 Å². The normalized spacial score (nSPS) is 19.5. The minimum absolute atomic E-state index is 0.267. The van der Waals surface area contributed by atoms with E-state index in [9.17, 15) is 4.79 Å². The molecule has 2 N–H and O–H groups in total. The van der Waals surface area contributed by atoms with Crippen molar-refractivity contribution in [3.63, 3.8) is 0 Å². The summed E-state index contributed by atoms with van der Waals surface area (Å²) in [6.07, 6.45) is 0. The maximum Gasteiger partial charge on any atom is 0.337 e. The summed E-state index contributed by atoms with van der Waals surface area (Å²) in [5.41, 5.74) is 0.821. The third kappa shape index (κ3) is 3.55. The molecule has 0 aliphatic carbocycles. The van der Waals surface area contributed by atoms with Crippen molar-refractivity contribution in [3.8, 4) is 0 Å². The fourth-order valence-electron chi connectivity index (χ4n) is 1.76. The van der Waals surface area contributed by atoms with E-state index < -0.39 is 5.97 Å². The molecule has 98 valence electrons. The zero-order valence-electron chi connectivity index (χ0n) is 10.2. The molecule has 1 unspecified atom stereocenters. The van der Waals surface area contributed by atoms with Crippen molar-refractivity contribution in [1.29, 1.82) is 0 Å². The van der Waals surface area contributed by atoms with Crippen molar-refractivity contribution in [3.05, 3.63) is 23.4 Å². The van der Waals surface area contributed by atoms with Gasteiger partial charge in [-0.2, -0.15) is 23.5 Å². The molecule has 1 atom stereocenters. The highest BCUT2D eigenvalue weighted by molar-refractivity contribution is 8.06. The number of carboxylic acids is 1. The summed E-state index contributed by atoms with van der Waals surface area (Å²) in [7, 11) is 0. The second kappa shape index (κ2) is 6.33. The number of carbonyl (C=O) groups is 1. The van der Waals surface area contributed by atoms with Gasteiger partial charge in [-0.05, 0) is 19.1 Å². The quantitative estimate of drug-likeness (QED) is 0.885. The van der Waals surface area contributed by atoms with E-state index in [0.29, 0.717) is 10.9 Å². The smallest absolute Gasteiger partial charge is 0.337 e. The molecule has 2 heterocycles. The van der Waals surface area contributed by atoms with Crippen LogP contribution < -0.4 is 5.32 Å². The second-order valence-corrected chi connectivity index (χ2v) is 6.64. The van der Waals surface area contributed by atoms with Crippen LogP contribution in [0.25, 0.3) is 0 Å². The molecule has 1 aliphatic rings. The van der Waals surface area contributed by atoms with Crippen molar-refractivity contribution < 1.29 is 9.90 Å². The lowest BCUT2D eigenvalue weighted by atomic mass is 10.2. The molecule has 6 heteroatoms. The molecule has 0 spiro atoms. The zero-order chi connectivity index (χ0) is 13.0. The van der Waals surface area contributed by atoms with Gasteiger partial charge in [0.15, 0.2) is 0 Å². The molecule has 1 saturated heterocycles. The van der Waals surface area contributed by atoms with Crippen molar-refractivity contribution in [2.75, 3.05) is 29.1 Å². The molecule has 1 aliphatic heterocycles. The highest BCUT2D eigenvalue weighted by Gasteiger charge is 2.14. The Morgan fingerprint density at radius 1 is 1.56 bits per heavy atom. The number of thioether (sulfide) groups is 2. The van der Waals surface area contributed by atoms with E-state index in [1.165, 1.54) is 17.3 Å². The van der Waals surface area contributed by atoms with Gasteiger partial charge in [-0.3, -0.25) is 0 Å². The van der Waals surface area contributed by atoms with Crippen LogP contribution in [0.3, 0.4) is 0 Å². The molecule has 4 nitrogen and oxygen atoms in total. The molecule has 2 rings (SSSR count). The van der Waals surface area contributed by atoms with E-state index >= 15 is 0 Å². The minimum atomic E-state index is -0.925. The molecule has 1 aromatic rings. The first-order valence-electron chi connectivity index (χ1n) is 5.81. The number of nitrogens with zero attached hydrogens (tertiary/aromatic N) is 1. The van der Waals surface area contributed by atoms with Crippen LogP contribution in [-0.4, -0.2) is 45.1 Å². The number of nitrogens with one attached hydrogen (secondary N) is 1. The largest absolute Gasteiger partial charge is 0.478 e. The highest BCUT2D eigenvalue weighted by Crippen LogP contribution is 2.24. The Labute approximate surface area is 115 Å². The number of pyridine rings is 1. The lowest BCUT2D eigenvalue weighted by Gasteiger charge is -2.21. The fraction of sp³-hybridized carbons (Fsp3) is 0.500. The number of anilines is 1. The van der Waals surface area contributed by atoms with Crippen molar-refractivity contribution in [2.24, 2.45) is 0 Å². The van der Waals surface area contributed by atoms with Crippen LogP contribution in [0, 0.1) is 6.92 Å². The number of carboxylic acid groups (broad SMARTS) is 1. The van der Waals surface area contributed by atoms with Crippen LogP contribution in [0.1, 0.15) is 16.1 Å².